The standard InChI is InChI=1S/C33H29FN2O3/c1-39-32(37)31-28(23-14-16-27(29(34)18-23)22-8-3-2-4-9-22)19-25-15-17-30(31)36(25)33(38)35-20-24-12-7-11-21-10-5-6-13-26(21)24/h2-14,16,18,25,30H,15,17,19-20H2,1H3,(H,35,38)/t25-,30+/m0/s1. The first-order valence-electron chi connectivity index (χ1n) is 13.2. The fourth-order valence-corrected chi connectivity index (χ4v) is 6.13. The summed E-state index contributed by atoms with van der Waals surface area (Å²) in [4.78, 5) is 28.4. The zero-order valence-electron chi connectivity index (χ0n) is 21.7. The fourth-order valence-electron chi connectivity index (χ4n) is 6.13. The van der Waals surface area contributed by atoms with Crippen LogP contribution in [0.15, 0.2) is 96.6 Å². The van der Waals surface area contributed by atoms with Crippen LogP contribution in [0.5, 0.6) is 0 Å². The van der Waals surface area contributed by atoms with Crippen molar-refractivity contribution in [2.45, 2.75) is 37.9 Å². The molecule has 196 valence electrons. The molecule has 1 saturated heterocycles. The minimum absolute atomic E-state index is 0.0808. The van der Waals surface area contributed by atoms with E-state index in [9.17, 15) is 9.59 Å². The summed E-state index contributed by atoms with van der Waals surface area (Å²) in [5, 5.41) is 5.30. The number of benzene rings is 4. The molecule has 2 aliphatic heterocycles. The molecule has 2 heterocycles. The lowest BCUT2D eigenvalue weighted by Crippen LogP contribution is -2.50. The van der Waals surface area contributed by atoms with Gasteiger partial charge in [-0.25, -0.2) is 14.0 Å². The summed E-state index contributed by atoms with van der Waals surface area (Å²) in [7, 11) is 1.35. The van der Waals surface area contributed by atoms with Gasteiger partial charge in [-0.05, 0) is 58.4 Å². The van der Waals surface area contributed by atoms with Crippen LogP contribution in [0.25, 0.3) is 27.5 Å². The van der Waals surface area contributed by atoms with Crippen molar-refractivity contribution in [3.8, 4) is 11.1 Å². The van der Waals surface area contributed by atoms with Crippen LogP contribution >= 0.6 is 0 Å². The van der Waals surface area contributed by atoms with Gasteiger partial charge >= 0.3 is 12.0 Å². The van der Waals surface area contributed by atoms with Crippen molar-refractivity contribution < 1.29 is 18.7 Å². The highest BCUT2D eigenvalue weighted by Crippen LogP contribution is 2.44. The monoisotopic (exact) mass is 520 g/mol. The van der Waals surface area contributed by atoms with Gasteiger partial charge in [0, 0.05) is 18.2 Å². The third-order valence-electron chi connectivity index (χ3n) is 7.95. The van der Waals surface area contributed by atoms with Gasteiger partial charge in [-0.2, -0.15) is 0 Å². The van der Waals surface area contributed by atoms with Gasteiger partial charge in [0.15, 0.2) is 0 Å². The van der Waals surface area contributed by atoms with Crippen LogP contribution in [0.4, 0.5) is 9.18 Å². The second kappa shape index (κ2) is 10.4. The van der Waals surface area contributed by atoms with Gasteiger partial charge in [-0.15, -0.1) is 0 Å². The Kier molecular flexibility index (Phi) is 6.61. The molecular weight excluding hydrogens is 491 g/mol. The molecular formula is C33H29FN2O3. The summed E-state index contributed by atoms with van der Waals surface area (Å²) >= 11 is 0. The Morgan fingerprint density at radius 3 is 2.49 bits per heavy atom. The van der Waals surface area contributed by atoms with Gasteiger partial charge in [-0.1, -0.05) is 84.9 Å². The number of fused-ring (bicyclic) bond motifs is 3. The Morgan fingerprint density at radius 2 is 1.69 bits per heavy atom. The summed E-state index contributed by atoms with van der Waals surface area (Å²) in [6.07, 6.45) is 1.89. The molecule has 5 nitrogen and oxygen atoms in total. The van der Waals surface area contributed by atoms with Gasteiger partial charge in [0.05, 0.1) is 18.7 Å². The van der Waals surface area contributed by atoms with Gasteiger partial charge in [0.25, 0.3) is 0 Å². The molecule has 2 aliphatic rings. The third kappa shape index (κ3) is 4.56. The minimum atomic E-state index is -0.477. The van der Waals surface area contributed by atoms with E-state index in [4.69, 9.17) is 4.74 Å². The molecule has 2 atom stereocenters. The zero-order valence-corrected chi connectivity index (χ0v) is 21.7. The molecule has 2 bridgehead atoms. The van der Waals surface area contributed by atoms with Crippen LogP contribution < -0.4 is 5.32 Å². The first-order valence-corrected chi connectivity index (χ1v) is 13.2. The number of urea groups is 1. The average Bonchev–Trinajstić information content (AvgIpc) is 3.29. The summed E-state index contributed by atoms with van der Waals surface area (Å²) in [5.41, 5.74) is 4.18. The number of methoxy groups -OCH3 is 1. The maximum atomic E-state index is 15.3. The van der Waals surface area contributed by atoms with Crippen molar-refractivity contribution in [2.75, 3.05) is 7.11 Å². The third-order valence-corrected chi connectivity index (χ3v) is 7.95. The maximum Gasteiger partial charge on any atom is 0.336 e. The van der Waals surface area contributed by atoms with Gasteiger partial charge < -0.3 is 15.0 Å². The molecule has 1 N–H and O–H groups in total. The number of carbonyl (C=O) groups excluding carboxylic acids is 2. The second-order valence-corrected chi connectivity index (χ2v) is 10.1. The first kappa shape index (κ1) is 24.9. The highest BCUT2D eigenvalue weighted by atomic mass is 19.1. The number of hydrogen-bond donors (Lipinski definition) is 1. The Morgan fingerprint density at radius 1 is 0.923 bits per heavy atom. The number of nitrogens with one attached hydrogen (secondary N) is 1. The van der Waals surface area contributed by atoms with Crippen molar-refractivity contribution in [1.82, 2.24) is 10.2 Å². The summed E-state index contributed by atoms with van der Waals surface area (Å²) in [6, 6.07) is 27.9. The van der Waals surface area contributed by atoms with E-state index in [1.165, 1.54) is 13.2 Å². The molecule has 4 aromatic carbocycles. The molecule has 0 spiro atoms. The van der Waals surface area contributed by atoms with Crippen LogP contribution in [-0.2, 0) is 16.1 Å². The number of esters is 1. The number of halogens is 1. The Hall–Kier alpha value is -4.45. The number of amides is 2. The van der Waals surface area contributed by atoms with Crippen molar-refractivity contribution in [3.63, 3.8) is 0 Å². The SMILES string of the molecule is COC(=O)C1=C(c2ccc(-c3ccccc3)c(F)c2)C[C@@H]2CC[C@H]1N2C(=O)NCc1cccc2ccccc12. The second-order valence-electron chi connectivity index (χ2n) is 10.1. The van der Waals surface area contributed by atoms with E-state index in [0.717, 1.165) is 33.9 Å². The summed E-state index contributed by atoms with van der Waals surface area (Å²) < 4.78 is 20.4. The predicted octanol–water partition coefficient (Wildman–Crippen LogP) is 6.72. The first-order chi connectivity index (χ1) is 19.0. The highest BCUT2D eigenvalue weighted by Gasteiger charge is 2.46. The zero-order chi connectivity index (χ0) is 26.9. The van der Waals surface area contributed by atoms with Crippen molar-refractivity contribution in [3.05, 3.63) is 114 Å². The van der Waals surface area contributed by atoms with Crippen LogP contribution in [0.2, 0.25) is 0 Å². The lowest BCUT2D eigenvalue weighted by molar-refractivity contribution is -0.136. The van der Waals surface area contributed by atoms with E-state index >= 15 is 4.39 Å². The molecule has 0 radical (unpaired) electrons. The number of carbonyl (C=O) groups is 2. The summed E-state index contributed by atoms with van der Waals surface area (Å²) in [6.45, 7) is 0.381. The van der Waals surface area contributed by atoms with Crippen molar-refractivity contribution in [1.29, 1.82) is 0 Å². The lowest BCUT2D eigenvalue weighted by atomic mass is 9.87. The van der Waals surface area contributed by atoms with Gasteiger partial charge in [-0.3, -0.25) is 0 Å². The van der Waals surface area contributed by atoms with Crippen LogP contribution in [0.3, 0.4) is 0 Å². The molecule has 0 aliphatic carbocycles. The van der Waals surface area contributed by atoms with E-state index in [1.807, 2.05) is 66.7 Å². The van der Waals surface area contributed by atoms with E-state index in [2.05, 4.69) is 17.4 Å². The highest BCUT2D eigenvalue weighted by molar-refractivity contribution is 6.01. The van der Waals surface area contributed by atoms with Crippen LogP contribution in [0.1, 0.15) is 30.4 Å². The number of hydrogen-bond acceptors (Lipinski definition) is 3. The Bertz CT molecular complexity index is 1590. The van der Waals surface area contributed by atoms with Crippen LogP contribution in [0, 0.1) is 5.82 Å². The molecule has 4 aromatic rings. The topological polar surface area (TPSA) is 58.6 Å². The average molecular weight is 521 g/mol. The Labute approximate surface area is 226 Å². The summed E-state index contributed by atoms with van der Waals surface area (Å²) in [5.74, 6) is -0.826. The Balaban J connectivity index is 1.29. The normalized spacial score (nSPS) is 18.4. The molecule has 2 amide bonds. The molecule has 0 unspecified atom stereocenters. The maximum absolute atomic E-state index is 15.3. The predicted molar refractivity (Wildman–Crippen MR) is 150 cm³/mol. The number of rotatable bonds is 5. The number of ether oxygens (including phenoxy) is 1. The quantitative estimate of drug-likeness (QED) is 0.297. The molecule has 0 saturated carbocycles. The van der Waals surface area contributed by atoms with Crippen molar-refractivity contribution >= 4 is 28.3 Å². The molecule has 1 fully saturated rings. The molecule has 0 aromatic heterocycles. The minimum Gasteiger partial charge on any atom is -0.466 e. The fraction of sp³-hybridized carbons (Fsp3) is 0.212. The van der Waals surface area contributed by atoms with E-state index in [1.54, 1.807) is 11.0 Å². The largest absolute Gasteiger partial charge is 0.466 e. The van der Waals surface area contributed by atoms with Crippen molar-refractivity contribution in [2.24, 2.45) is 0 Å². The van der Waals surface area contributed by atoms with E-state index < -0.39 is 12.0 Å². The molecule has 39 heavy (non-hydrogen) atoms. The lowest BCUT2D eigenvalue weighted by Gasteiger charge is -2.37. The molecule has 6 heteroatoms. The smallest absolute Gasteiger partial charge is 0.336 e. The number of nitrogens with zero attached hydrogens (tertiary/aromatic N) is 1. The van der Waals surface area contributed by atoms with Gasteiger partial charge in [0.1, 0.15) is 5.82 Å². The van der Waals surface area contributed by atoms with Gasteiger partial charge in [0.2, 0.25) is 0 Å². The van der Waals surface area contributed by atoms with E-state index in [0.29, 0.717) is 36.1 Å². The van der Waals surface area contributed by atoms with E-state index in [-0.39, 0.29) is 17.9 Å². The van der Waals surface area contributed by atoms with Crippen LogP contribution in [-0.4, -0.2) is 36.1 Å². The molecule has 6 rings (SSSR count).